The van der Waals surface area contributed by atoms with E-state index in [0.717, 1.165) is 6.08 Å². The van der Waals surface area contributed by atoms with Crippen molar-refractivity contribution in [3.63, 3.8) is 0 Å². The molecule has 0 radical (unpaired) electrons. The van der Waals surface area contributed by atoms with E-state index in [1.807, 2.05) is 0 Å². The number of ether oxygens (including phenoxy) is 1. The van der Waals surface area contributed by atoms with Crippen LogP contribution in [0.3, 0.4) is 0 Å². The topological polar surface area (TPSA) is 41.8 Å². The Bertz CT molecular complexity index is 407. The Labute approximate surface area is 105 Å². The van der Waals surface area contributed by atoms with E-state index in [4.69, 9.17) is 9.94 Å². The molecule has 100 valence electrons. The van der Waals surface area contributed by atoms with Gasteiger partial charge in [-0.1, -0.05) is 11.2 Å². The maximum atomic E-state index is 13.9. The SMILES string of the molecule is CC1(F)C=C(F)C(/C(=N\O)C2CCOCC2)=CC1. The lowest BCUT2D eigenvalue weighted by Crippen LogP contribution is -2.27. The monoisotopic (exact) mass is 257 g/mol. The van der Waals surface area contributed by atoms with Crippen LogP contribution in [0, 0.1) is 5.92 Å². The molecule has 1 heterocycles. The minimum atomic E-state index is -1.66. The van der Waals surface area contributed by atoms with Crippen LogP contribution in [0.2, 0.25) is 0 Å². The van der Waals surface area contributed by atoms with E-state index in [9.17, 15) is 8.78 Å². The molecule has 2 rings (SSSR count). The van der Waals surface area contributed by atoms with Crippen molar-refractivity contribution in [1.82, 2.24) is 0 Å². The van der Waals surface area contributed by atoms with Gasteiger partial charge < -0.3 is 9.94 Å². The highest BCUT2D eigenvalue weighted by Gasteiger charge is 2.31. The highest BCUT2D eigenvalue weighted by Crippen LogP contribution is 2.33. The summed E-state index contributed by atoms with van der Waals surface area (Å²) in [6, 6.07) is 0. The molecule has 1 aliphatic heterocycles. The van der Waals surface area contributed by atoms with E-state index in [-0.39, 0.29) is 17.9 Å². The molecular formula is C13H17F2NO2. The van der Waals surface area contributed by atoms with Crippen LogP contribution in [0.1, 0.15) is 26.2 Å². The van der Waals surface area contributed by atoms with Crippen molar-refractivity contribution in [3.05, 3.63) is 23.6 Å². The van der Waals surface area contributed by atoms with Gasteiger partial charge in [0.1, 0.15) is 11.5 Å². The summed E-state index contributed by atoms with van der Waals surface area (Å²) in [5.74, 6) is -0.677. The van der Waals surface area contributed by atoms with Gasteiger partial charge in [-0.15, -0.1) is 0 Å². The molecule has 2 aliphatic rings. The molecule has 0 aromatic heterocycles. The molecule has 1 unspecified atom stereocenters. The van der Waals surface area contributed by atoms with Crippen LogP contribution in [-0.2, 0) is 4.74 Å². The minimum absolute atomic E-state index is 0.0295. The lowest BCUT2D eigenvalue weighted by Gasteiger charge is -2.26. The quantitative estimate of drug-likeness (QED) is 0.469. The van der Waals surface area contributed by atoms with E-state index in [0.29, 0.717) is 31.8 Å². The van der Waals surface area contributed by atoms with Crippen LogP contribution >= 0.6 is 0 Å². The first kappa shape index (κ1) is 13.2. The summed E-state index contributed by atoms with van der Waals surface area (Å²) in [5, 5.41) is 12.3. The molecule has 1 fully saturated rings. The van der Waals surface area contributed by atoms with Crippen LogP contribution in [0.5, 0.6) is 0 Å². The second kappa shape index (κ2) is 5.18. The maximum absolute atomic E-state index is 13.9. The Hall–Kier alpha value is -1.23. The molecule has 0 amide bonds. The van der Waals surface area contributed by atoms with E-state index >= 15 is 0 Å². The van der Waals surface area contributed by atoms with Crippen LogP contribution < -0.4 is 0 Å². The number of alkyl halides is 1. The number of rotatable bonds is 2. The van der Waals surface area contributed by atoms with Gasteiger partial charge in [-0.05, 0) is 25.8 Å². The van der Waals surface area contributed by atoms with Crippen molar-refractivity contribution in [1.29, 1.82) is 0 Å². The average molecular weight is 257 g/mol. The lowest BCUT2D eigenvalue weighted by atomic mass is 9.85. The van der Waals surface area contributed by atoms with Gasteiger partial charge in [0.15, 0.2) is 0 Å². The number of oxime groups is 1. The third kappa shape index (κ3) is 2.77. The van der Waals surface area contributed by atoms with Crippen LogP contribution in [-0.4, -0.2) is 29.8 Å². The molecule has 0 spiro atoms. The van der Waals surface area contributed by atoms with Crippen molar-refractivity contribution in [2.24, 2.45) is 11.1 Å². The molecule has 0 bridgehead atoms. The zero-order valence-electron chi connectivity index (χ0n) is 10.3. The smallest absolute Gasteiger partial charge is 0.132 e. The lowest BCUT2D eigenvalue weighted by molar-refractivity contribution is 0.0820. The van der Waals surface area contributed by atoms with Crippen molar-refractivity contribution >= 4 is 5.71 Å². The van der Waals surface area contributed by atoms with Gasteiger partial charge in [0, 0.05) is 31.1 Å². The Balaban J connectivity index is 2.19. The van der Waals surface area contributed by atoms with E-state index in [1.54, 1.807) is 0 Å². The summed E-state index contributed by atoms with van der Waals surface area (Å²) < 4.78 is 32.7. The Kier molecular flexibility index (Phi) is 3.80. The van der Waals surface area contributed by atoms with Gasteiger partial charge in [-0.2, -0.15) is 0 Å². The molecule has 1 saturated heterocycles. The molecule has 18 heavy (non-hydrogen) atoms. The second-order valence-corrected chi connectivity index (χ2v) is 4.96. The summed E-state index contributed by atoms with van der Waals surface area (Å²) in [7, 11) is 0. The molecule has 1 N–H and O–H groups in total. The van der Waals surface area contributed by atoms with Crippen molar-refractivity contribution in [3.8, 4) is 0 Å². The molecule has 3 nitrogen and oxygen atoms in total. The summed E-state index contributed by atoms with van der Waals surface area (Å²) in [5.41, 5.74) is -1.13. The van der Waals surface area contributed by atoms with E-state index < -0.39 is 11.5 Å². The first-order chi connectivity index (χ1) is 8.53. The van der Waals surface area contributed by atoms with Crippen LogP contribution in [0.25, 0.3) is 0 Å². The average Bonchev–Trinajstić information content (AvgIpc) is 2.33. The van der Waals surface area contributed by atoms with Crippen LogP contribution in [0.15, 0.2) is 28.7 Å². The van der Waals surface area contributed by atoms with Crippen molar-refractivity contribution in [2.75, 3.05) is 13.2 Å². The van der Waals surface area contributed by atoms with Gasteiger partial charge in [0.25, 0.3) is 0 Å². The second-order valence-electron chi connectivity index (χ2n) is 4.96. The van der Waals surface area contributed by atoms with Crippen molar-refractivity contribution < 1.29 is 18.7 Å². The number of allylic oxidation sites excluding steroid dienone is 4. The Morgan fingerprint density at radius 2 is 2.17 bits per heavy atom. The summed E-state index contributed by atoms with van der Waals surface area (Å²) in [6.07, 6.45) is 3.90. The first-order valence-electron chi connectivity index (χ1n) is 6.11. The molecular weight excluding hydrogens is 240 g/mol. The fourth-order valence-electron chi connectivity index (χ4n) is 2.35. The molecule has 0 saturated carbocycles. The molecule has 1 atom stereocenters. The zero-order valence-corrected chi connectivity index (χ0v) is 10.3. The number of nitrogens with zero attached hydrogens (tertiary/aromatic N) is 1. The number of halogens is 2. The van der Waals surface area contributed by atoms with Gasteiger partial charge in [0.05, 0.1) is 5.71 Å². The molecule has 0 aromatic rings. The maximum Gasteiger partial charge on any atom is 0.132 e. The van der Waals surface area contributed by atoms with E-state index in [2.05, 4.69) is 5.16 Å². The highest BCUT2D eigenvalue weighted by molar-refractivity contribution is 6.04. The highest BCUT2D eigenvalue weighted by atomic mass is 19.1. The predicted octanol–water partition coefficient (Wildman–Crippen LogP) is 3.15. The van der Waals surface area contributed by atoms with Gasteiger partial charge in [0.2, 0.25) is 0 Å². The molecule has 0 aromatic carbocycles. The molecule has 5 heteroatoms. The summed E-state index contributed by atoms with van der Waals surface area (Å²) in [4.78, 5) is 0. The number of hydrogen-bond donors (Lipinski definition) is 1. The van der Waals surface area contributed by atoms with E-state index in [1.165, 1.54) is 13.0 Å². The van der Waals surface area contributed by atoms with Crippen molar-refractivity contribution in [2.45, 2.75) is 31.9 Å². The zero-order chi connectivity index (χ0) is 13.2. The fraction of sp³-hybridized carbons (Fsp3) is 0.615. The Morgan fingerprint density at radius 3 is 2.72 bits per heavy atom. The van der Waals surface area contributed by atoms with Gasteiger partial charge in [-0.3, -0.25) is 0 Å². The third-order valence-corrected chi connectivity index (χ3v) is 3.38. The Morgan fingerprint density at radius 1 is 1.50 bits per heavy atom. The number of hydrogen-bond acceptors (Lipinski definition) is 3. The minimum Gasteiger partial charge on any atom is -0.411 e. The first-order valence-corrected chi connectivity index (χ1v) is 6.11. The summed E-state index contributed by atoms with van der Waals surface area (Å²) >= 11 is 0. The summed E-state index contributed by atoms with van der Waals surface area (Å²) in [6.45, 7) is 2.47. The predicted molar refractivity (Wildman–Crippen MR) is 64.2 cm³/mol. The third-order valence-electron chi connectivity index (χ3n) is 3.38. The fourth-order valence-corrected chi connectivity index (χ4v) is 2.35. The molecule has 1 aliphatic carbocycles. The van der Waals surface area contributed by atoms with Gasteiger partial charge in [-0.25, -0.2) is 8.78 Å². The van der Waals surface area contributed by atoms with Crippen LogP contribution in [0.4, 0.5) is 8.78 Å². The van der Waals surface area contributed by atoms with Gasteiger partial charge >= 0.3 is 0 Å². The normalized spacial score (nSPS) is 30.9. The largest absolute Gasteiger partial charge is 0.411 e. The standard InChI is InChI=1S/C13H17F2NO2/c1-13(15)5-2-10(11(14)8-13)12(16-17)9-3-6-18-7-4-9/h2,8-9,17H,3-7H2,1H3/b16-12-.